The summed E-state index contributed by atoms with van der Waals surface area (Å²) in [6.07, 6.45) is -0.803. The lowest BCUT2D eigenvalue weighted by Crippen LogP contribution is -2.51. The highest BCUT2D eigenvalue weighted by Crippen LogP contribution is 2.52. The summed E-state index contributed by atoms with van der Waals surface area (Å²) in [5, 5.41) is 20.0. The lowest BCUT2D eigenvalue weighted by atomic mass is 9.75. The minimum Gasteiger partial charge on any atom is -0.390 e. The first-order chi connectivity index (χ1) is 8.02. The Bertz CT molecular complexity index is 457. The second-order valence-corrected chi connectivity index (χ2v) is 5.61. The number of benzene rings is 1. The quantitative estimate of drug-likeness (QED) is 0.712. The number of rotatable bonds is 0. The molecule has 1 fully saturated rings. The first kappa shape index (κ1) is 11.2. The fraction of sp³-hybridized carbons (Fsp3) is 0.571. The molecule has 0 amide bonds. The van der Waals surface area contributed by atoms with Crippen molar-refractivity contribution < 1.29 is 14.9 Å². The van der Waals surface area contributed by atoms with E-state index in [9.17, 15) is 10.2 Å². The Morgan fingerprint density at radius 3 is 2.88 bits per heavy atom. The van der Waals surface area contributed by atoms with Crippen LogP contribution in [0.4, 0.5) is 0 Å². The molecule has 2 aliphatic rings. The van der Waals surface area contributed by atoms with Gasteiger partial charge in [0.15, 0.2) is 0 Å². The highest BCUT2D eigenvalue weighted by Gasteiger charge is 2.53. The summed E-state index contributed by atoms with van der Waals surface area (Å²) in [5.41, 5.74) is 3.22. The second-order valence-electron chi connectivity index (χ2n) is 5.61. The molecule has 1 heterocycles. The Kier molecular flexibility index (Phi) is 2.34. The highest BCUT2D eigenvalue weighted by atomic mass is 16.5. The van der Waals surface area contributed by atoms with Crippen LogP contribution in [0.2, 0.25) is 0 Å². The Hall–Kier alpha value is -0.900. The number of ether oxygens (including phenoxy) is 1. The van der Waals surface area contributed by atoms with Gasteiger partial charge in [-0.3, -0.25) is 0 Å². The molecule has 1 saturated heterocycles. The molecule has 17 heavy (non-hydrogen) atoms. The van der Waals surface area contributed by atoms with Crippen LogP contribution in [0.1, 0.15) is 29.7 Å². The summed E-state index contributed by atoms with van der Waals surface area (Å²) in [6.45, 7) is 4.28. The van der Waals surface area contributed by atoms with Gasteiger partial charge in [-0.25, -0.2) is 0 Å². The van der Waals surface area contributed by atoms with Crippen molar-refractivity contribution in [2.45, 2.75) is 38.6 Å². The summed E-state index contributed by atoms with van der Waals surface area (Å²) in [4.78, 5) is 0. The fourth-order valence-electron chi connectivity index (χ4n) is 3.24. The molecule has 0 saturated carbocycles. The van der Waals surface area contributed by atoms with Crippen molar-refractivity contribution in [1.29, 1.82) is 0 Å². The van der Waals surface area contributed by atoms with E-state index in [4.69, 9.17) is 4.74 Å². The summed E-state index contributed by atoms with van der Waals surface area (Å²) < 4.78 is 5.76. The molecule has 0 unspecified atom stereocenters. The highest BCUT2D eigenvalue weighted by molar-refractivity contribution is 5.40. The number of fused-ring (bicyclic) bond motifs is 3. The van der Waals surface area contributed by atoms with Crippen LogP contribution in [0.25, 0.3) is 0 Å². The lowest BCUT2D eigenvalue weighted by Gasteiger charge is -2.43. The van der Waals surface area contributed by atoms with Crippen LogP contribution in [-0.2, 0) is 11.2 Å². The molecule has 92 valence electrons. The van der Waals surface area contributed by atoms with Crippen molar-refractivity contribution in [3.8, 4) is 0 Å². The van der Waals surface area contributed by atoms with Gasteiger partial charge in [0.25, 0.3) is 0 Å². The van der Waals surface area contributed by atoms with Gasteiger partial charge in [0.05, 0.1) is 18.8 Å². The molecule has 1 aliphatic carbocycles. The summed E-state index contributed by atoms with van der Waals surface area (Å²) in [7, 11) is 0. The fourth-order valence-corrected chi connectivity index (χ4v) is 3.24. The van der Waals surface area contributed by atoms with E-state index in [2.05, 4.69) is 25.1 Å². The smallest absolute Gasteiger partial charge is 0.104 e. The van der Waals surface area contributed by atoms with Crippen molar-refractivity contribution >= 4 is 0 Å². The van der Waals surface area contributed by atoms with Gasteiger partial charge in [-0.15, -0.1) is 0 Å². The zero-order valence-corrected chi connectivity index (χ0v) is 10.2. The third-order valence-electron chi connectivity index (χ3n) is 4.23. The molecule has 0 bridgehead atoms. The molecule has 4 atom stereocenters. The molecule has 1 aliphatic heterocycles. The predicted molar refractivity (Wildman–Crippen MR) is 63.7 cm³/mol. The minimum atomic E-state index is -0.772. The molecule has 1 aromatic carbocycles. The third-order valence-corrected chi connectivity index (χ3v) is 4.23. The van der Waals surface area contributed by atoms with Crippen LogP contribution in [0.5, 0.6) is 0 Å². The van der Waals surface area contributed by atoms with Gasteiger partial charge >= 0.3 is 0 Å². The third kappa shape index (κ3) is 1.46. The average Bonchev–Trinajstić information content (AvgIpc) is 2.58. The lowest BCUT2D eigenvalue weighted by molar-refractivity contribution is -0.195. The van der Waals surface area contributed by atoms with E-state index >= 15 is 0 Å². The summed E-state index contributed by atoms with van der Waals surface area (Å²) in [6, 6.07) is 6.33. The van der Waals surface area contributed by atoms with E-state index in [-0.39, 0.29) is 12.7 Å². The maximum atomic E-state index is 10.2. The maximum absolute atomic E-state index is 10.2. The topological polar surface area (TPSA) is 49.7 Å². The summed E-state index contributed by atoms with van der Waals surface area (Å²) in [5.74, 6) is 0. The summed E-state index contributed by atoms with van der Waals surface area (Å²) >= 11 is 0. The maximum Gasteiger partial charge on any atom is 0.104 e. The number of aliphatic hydroxyl groups excluding tert-OH is 2. The van der Waals surface area contributed by atoms with E-state index in [0.29, 0.717) is 0 Å². The molecule has 3 heteroatoms. The van der Waals surface area contributed by atoms with Gasteiger partial charge in [0.1, 0.15) is 6.10 Å². The Balaban J connectivity index is 2.06. The molecular weight excluding hydrogens is 216 g/mol. The van der Waals surface area contributed by atoms with Gasteiger partial charge in [-0.05, 0) is 24.5 Å². The average molecular weight is 234 g/mol. The number of hydrogen-bond donors (Lipinski definition) is 2. The van der Waals surface area contributed by atoms with Crippen molar-refractivity contribution in [3.63, 3.8) is 0 Å². The van der Waals surface area contributed by atoms with Crippen LogP contribution in [0.3, 0.4) is 0 Å². The van der Waals surface area contributed by atoms with E-state index in [1.54, 1.807) is 0 Å². The van der Waals surface area contributed by atoms with E-state index in [0.717, 1.165) is 6.42 Å². The van der Waals surface area contributed by atoms with Gasteiger partial charge in [0, 0.05) is 5.41 Å². The van der Waals surface area contributed by atoms with Crippen LogP contribution in [0.15, 0.2) is 18.2 Å². The Morgan fingerprint density at radius 1 is 1.35 bits per heavy atom. The van der Waals surface area contributed by atoms with E-state index in [1.165, 1.54) is 16.7 Å². The first-order valence-corrected chi connectivity index (χ1v) is 6.09. The molecule has 3 rings (SSSR count). The normalized spacial score (nSPS) is 39.9. The predicted octanol–water partition coefficient (Wildman–Crippen LogP) is 1.35. The van der Waals surface area contributed by atoms with Crippen LogP contribution in [0, 0.1) is 12.3 Å². The molecule has 1 aromatic rings. The largest absolute Gasteiger partial charge is 0.390 e. The SMILES string of the molecule is Cc1ccc2c(c1)[C@@H]1OC[C@H](O)[C@H](O)[C@@]1(C)C2. The standard InChI is InChI=1S/C14H18O3/c1-8-3-4-9-6-14(2)12(16)11(15)7-17-13(14)10(9)5-8/h3-5,11-13,15-16H,6-7H2,1-2H3/t11-,12-,13-,14+/m0/s1. The van der Waals surface area contributed by atoms with Crippen molar-refractivity contribution in [2.24, 2.45) is 5.41 Å². The van der Waals surface area contributed by atoms with Gasteiger partial charge < -0.3 is 14.9 Å². The molecule has 0 radical (unpaired) electrons. The van der Waals surface area contributed by atoms with Crippen LogP contribution >= 0.6 is 0 Å². The zero-order chi connectivity index (χ0) is 12.2. The molecule has 2 N–H and O–H groups in total. The molecule has 3 nitrogen and oxygen atoms in total. The van der Waals surface area contributed by atoms with Gasteiger partial charge in [-0.1, -0.05) is 30.7 Å². The number of aryl methyl sites for hydroxylation is 1. The Morgan fingerprint density at radius 2 is 2.12 bits per heavy atom. The van der Waals surface area contributed by atoms with Gasteiger partial charge in [0.2, 0.25) is 0 Å². The van der Waals surface area contributed by atoms with Crippen molar-refractivity contribution in [3.05, 3.63) is 34.9 Å². The van der Waals surface area contributed by atoms with Crippen molar-refractivity contribution in [2.75, 3.05) is 6.61 Å². The van der Waals surface area contributed by atoms with Crippen LogP contribution in [-0.4, -0.2) is 29.0 Å². The molecule has 0 spiro atoms. The van der Waals surface area contributed by atoms with Crippen molar-refractivity contribution in [1.82, 2.24) is 0 Å². The zero-order valence-electron chi connectivity index (χ0n) is 10.2. The monoisotopic (exact) mass is 234 g/mol. The van der Waals surface area contributed by atoms with E-state index in [1.807, 2.05) is 6.92 Å². The minimum absolute atomic E-state index is 0.0872. The van der Waals surface area contributed by atoms with Crippen LogP contribution < -0.4 is 0 Å². The number of hydrogen-bond acceptors (Lipinski definition) is 3. The van der Waals surface area contributed by atoms with E-state index < -0.39 is 17.6 Å². The Labute approximate surface area is 101 Å². The van der Waals surface area contributed by atoms with Gasteiger partial charge in [-0.2, -0.15) is 0 Å². The second kappa shape index (κ2) is 3.55. The number of aliphatic hydroxyl groups is 2. The molecular formula is C14H18O3. The molecule has 0 aromatic heterocycles. The first-order valence-electron chi connectivity index (χ1n) is 6.09.